The van der Waals surface area contributed by atoms with Crippen LogP contribution in [0.1, 0.15) is 6.92 Å². The molecule has 5 aromatic rings. The lowest BCUT2D eigenvalue weighted by atomic mass is 10.3. The topological polar surface area (TPSA) is 188 Å². The van der Waals surface area contributed by atoms with E-state index in [9.17, 15) is 4.79 Å². The van der Waals surface area contributed by atoms with Gasteiger partial charge in [-0.25, -0.2) is 15.0 Å². The van der Waals surface area contributed by atoms with Gasteiger partial charge in [0.1, 0.15) is 5.82 Å². The third-order valence-corrected chi connectivity index (χ3v) is 8.43. The molecule has 2 heterocycles. The van der Waals surface area contributed by atoms with E-state index in [4.69, 9.17) is 44.9 Å². The molecule has 47 heavy (non-hydrogen) atoms. The number of nitrogens with one attached hydrogen (secondary N) is 2. The van der Waals surface area contributed by atoms with Crippen LogP contribution < -0.4 is 27.2 Å². The van der Waals surface area contributed by atoms with Gasteiger partial charge in [-0.3, -0.25) is 10.2 Å². The number of nitrogen functional groups attached to an aromatic ring is 2. The Hall–Kier alpha value is -4.31. The molecule has 0 radical (unpaired) electrons. The maximum Gasteiger partial charge on any atom is 0.235 e. The molecule has 0 saturated carbocycles. The molecule has 244 valence electrons. The van der Waals surface area contributed by atoms with Gasteiger partial charge in [0.25, 0.3) is 0 Å². The Labute approximate surface area is 289 Å². The number of carbonyl (C=O) groups excluding carboxylic acids is 1. The Morgan fingerprint density at radius 2 is 1.32 bits per heavy atom. The van der Waals surface area contributed by atoms with Gasteiger partial charge in [0.05, 0.1) is 34.7 Å². The zero-order valence-corrected chi connectivity index (χ0v) is 28.1. The number of para-hydroxylation sites is 1. The quantitative estimate of drug-likeness (QED) is 0.0919. The maximum absolute atomic E-state index is 11.7. The molecule has 2 aromatic heterocycles. The lowest BCUT2D eigenvalue weighted by Crippen LogP contribution is -2.38. The minimum Gasteiger partial charge on any atom is -0.394 e. The summed E-state index contributed by atoms with van der Waals surface area (Å²) in [5.41, 5.74) is 14.9. The summed E-state index contributed by atoms with van der Waals surface area (Å²) in [5, 5.41) is 24.2. The fraction of sp³-hybridized carbons (Fsp3) is 0.129. The zero-order chi connectivity index (χ0) is 33.8. The summed E-state index contributed by atoms with van der Waals surface area (Å²) in [4.78, 5) is 31.6. The molecule has 12 nitrogen and oxygen atoms in total. The van der Waals surface area contributed by atoms with Crippen molar-refractivity contribution in [3.8, 4) is 0 Å². The highest BCUT2D eigenvalue weighted by Crippen LogP contribution is 2.37. The molecule has 0 aliphatic rings. The third-order valence-electron chi connectivity index (χ3n) is 5.89. The number of hydrogen-bond acceptors (Lipinski definition) is 13. The molecule has 1 amide bonds. The summed E-state index contributed by atoms with van der Waals surface area (Å²) in [6.45, 7) is 1.00. The number of aliphatic hydroxyl groups excluding tert-OH is 2. The summed E-state index contributed by atoms with van der Waals surface area (Å²) in [7, 11) is 0. The van der Waals surface area contributed by atoms with Crippen molar-refractivity contribution < 1.29 is 15.0 Å². The number of halogens is 2. The average Bonchev–Trinajstić information content (AvgIpc) is 3.07. The van der Waals surface area contributed by atoms with E-state index in [2.05, 4.69) is 30.7 Å². The Balaban J connectivity index is 0.000000218. The second-order valence-corrected chi connectivity index (χ2v) is 12.6. The van der Waals surface area contributed by atoms with Crippen LogP contribution in [0.25, 0.3) is 0 Å². The molecule has 3 aromatic carbocycles. The first kappa shape index (κ1) is 35.5. The van der Waals surface area contributed by atoms with Crippen molar-refractivity contribution in [1.82, 2.24) is 25.4 Å². The number of aliphatic hydroxyl groups is 2. The Morgan fingerprint density at radius 3 is 1.85 bits per heavy atom. The molecule has 8 N–H and O–H groups in total. The summed E-state index contributed by atoms with van der Waals surface area (Å²) >= 11 is 14.7. The average molecular weight is 713 g/mol. The fourth-order valence-corrected chi connectivity index (χ4v) is 5.69. The predicted octanol–water partition coefficient (Wildman–Crippen LogP) is 5.68. The van der Waals surface area contributed by atoms with Gasteiger partial charge in [-0.15, -0.1) is 0 Å². The molecule has 0 atom stereocenters. The SMILES string of the molecule is CC(=O)NN(c1ccccc1)c1nc(N)ncc1Sc1ccc(Cl)cc1.Nc1ncc(Sc2ccc(Cl)cc2)c(NC(CO)CO)n1. The lowest BCUT2D eigenvalue weighted by molar-refractivity contribution is -0.118. The van der Waals surface area contributed by atoms with Crippen LogP contribution in [0.4, 0.5) is 29.2 Å². The van der Waals surface area contributed by atoms with E-state index in [-0.39, 0.29) is 31.0 Å². The number of aromatic nitrogens is 4. The fourth-order valence-electron chi connectivity index (χ4n) is 3.75. The van der Waals surface area contributed by atoms with E-state index in [1.807, 2.05) is 66.7 Å². The van der Waals surface area contributed by atoms with Crippen molar-refractivity contribution in [3.05, 3.63) is 101 Å². The van der Waals surface area contributed by atoms with Crippen LogP contribution in [0.5, 0.6) is 0 Å². The monoisotopic (exact) mass is 711 g/mol. The Bertz CT molecular complexity index is 1750. The molecule has 16 heteroatoms. The highest BCUT2D eigenvalue weighted by molar-refractivity contribution is 7.99. The Kier molecular flexibility index (Phi) is 13.3. The summed E-state index contributed by atoms with van der Waals surface area (Å²) in [6, 6.07) is 23.6. The molecular weight excluding hydrogens is 681 g/mol. The first-order valence-electron chi connectivity index (χ1n) is 13.9. The first-order chi connectivity index (χ1) is 22.6. The van der Waals surface area contributed by atoms with Crippen molar-refractivity contribution in [2.75, 3.05) is 35.0 Å². The van der Waals surface area contributed by atoms with Crippen LogP contribution in [0.3, 0.4) is 0 Å². The standard InChI is InChI=1S/C18H16ClN5OS.C13H15ClN4O2S/c1-12(25)23-24(14-5-3-2-4-6-14)17-16(11-21-18(20)22-17)26-15-9-7-13(19)8-10-15;14-8-1-3-10(4-2-8)21-11-5-16-13(15)18-12(11)17-9(6-19)7-20/h2-11H,1H3,(H,23,25)(H2,20,21,22);1-5,9,19-20H,6-7H2,(H3,15,16,17,18). The number of hydrazine groups is 1. The minimum atomic E-state index is -0.510. The molecule has 0 spiro atoms. The van der Waals surface area contributed by atoms with E-state index in [1.165, 1.54) is 30.4 Å². The van der Waals surface area contributed by atoms with Gasteiger partial charge in [0, 0.05) is 39.2 Å². The largest absolute Gasteiger partial charge is 0.394 e. The van der Waals surface area contributed by atoms with Gasteiger partial charge < -0.3 is 27.0 Å². The number of carbonyl (C=O) groups is 1. The molecule has 0 bridgehead atoms. The number of amides is 1. The number of nitrogens with two attached hydrogens (primary N) is 2. The summed E-state index contributed by atoms with van der Waals surface area (Å²) < 4.78 is 0. The molecule has 0 saturated heterocycles. The smallest absolute Gasteiger partial charge is 0.235 e. The molecule has 0 unspecified atom stereocenters. The summed E-state index contributed by atoms with van der Waals surface area (Å²) in [6.07, 6.45) is 3.23. The van der Waals surface area contributed by atoms with Gasteiger partial charge in [0.15, 0.2) is 5.82 Å². The van der Waals surface area contributed by atoms with Crippen LogP contribution in [0.15, 0.2) is 111 Å². The molecule has 0 aliphatic heterocycles. The number of rotatable bonds is 11. The van der Waals surface area contributed by atoms with Gasteiger partial charge >= 0.3 is 0 Å². The van der Waals surface area contributed by atoms with E-state index < -0.39 is 6.04 Å². The zero-order valence-electron chi connectivity index (χ0n) is 24.9. The van der Waals surface area contributed by atoms with E-state index in [0.29, 0.717) is 21.7 Å². The second kappa shape index (κ2) is 17.6. The number of anilines is 5. The van der Waals surface area contributed by atoms with E-state index in [0.717, 1.165) is 25.3 Å². The normalized spacial score (nSPS) is 10.6. The van der Waals surface area contributed by atoms with Crippen LogP contribution in [0, 0.1) is 0 Å². The second-order valence-electron chi connectivity index (χ2n) is 9.51. The van der Waals surface area contributed by atoms with Crippen molar-refractivity contribution >= 4 is 81.9 Å². The van der Waals surface area contributed by atoms with Gasteiger partial charge in [-0.2, -0.15) is 9.97 Å². The van der Waals surface area contributed by atoms with Crippen LogP contribution in [-0.4, -0.2) is 55.3 Å². The molecule has 5 rings (SSSR count). The van der Waals surface area contributed by atoms with Crippen LogP contribution in [0.2, 0.25) is 10.0 Å². The maximum atomic E-state index is 11.7. The van der Waals surface area contributed by atoms with Gasteiger partial charge in [0.2, 0.25) is 17.8 Å². The van der Waals surface area contributed by atoms with Crippen LogP contribution >= 0.6 is 46.7 Å². The number of nitrogens with zero attached hydrogens (tertiary/aromatic N) is 5. The highest BCUT2D eigenvalue weighted by Gasteiger charge is 2.19. The predicted molar refractivity (Wildman–Crippen MR) is 188 cm³/mol. The highest BCUT2D eigenvalue weighted by atomic mass is 35.5. The van der Waals surface area contributed by atoms with Crippen molar-refractivity contribution in [3.63, 3.8) is 0 Å². The number of benzene rings is 3. The van der Waals surface area contributed by atoms with Crippen molar-refractivity contribution in [2.45, 2.75) is 32.5 Å². The van der Waals surface area contributed by atoms with Crippen molar-refractivity contribution in [1.29, 1.82) is 0 Å². The molecule has 0 aliphatic carbocycles. The van der Waals surface area contributed by atoms with E-state index in [1.54, 1.807) is 29.5 Å². The van der Waals surface area contributed by atoms with Gasteiger partial charge in [-0.05, 0) is 60.7 Å². The minimum absolute atomic E-state index is 0.117. The third kappa shape index (κ3) is 10.9. The van der Waals surface area contributed by atoms with E-state index >= 15 is 0 Å². The summed E-state index contributed by atoms with van der Waals surface area (Å²) in [5.74, 6) is 0.960. The Morgan fingerprint density at radius 1 is 0.809 bits per heavy atom. The van der Waals surface area contributed by atoms with Crippen LogP contribution in [-0.2, 0) is 4.79 Å². The molecule has 0 fully saturated rings. The molecular formula is C31H31Cl2N9O3S2. The number of hydrogen-bond donors (Lipinski definition) is 6. The lowest BCUT2D eigenvalue weighted by Gasteiger charge is -2.25. The van der Waals surface area contributed by atoms with Gasteiger partial charge in [-0.1, -0.05) is 64.9 Å². The first-order valence-corrected chi connectivity index (χ1v) is 16.3. The van der Waals surface area contributed by atoms with Crippen molar-refractivity contribution in [2.24, 2.45) is 0 Å².